The summed E-state index contributed by atoms with van der Waals surface area (Å²) in [5.41, 5.74) is 0. The van der Waals surface area contributed by atoms with Gasteiger partial charge in [0.25, 0.3) is 0 Å². The number of thioether (sulfide) groups is 1. The number of unbranched alkanes of at least 4 members (excludes halogenated alkanes) is 1. The van der Waals surface area contributed by atoms with E-state index in [2.05, 4.69) is 21.9 Å². The Bertz CT molecular complexity index is 378. The Labute approximate surface area is 109 Å². The summed E-state index contributed by atoms with van der Waals surface area (Å²) < 4.78 is 1.05. The minimum atomic E-state index is 0.267. The van der Waals surface area contributed by atoms with E-state index in [1.807, 2.05) is 24.3 Å². The molecule has 0 aromatic heterocycles. The number of rotatable bonds is 6. The van der Waals surface area contributed by atoms with Crippen LogP contribution in [0.1, 0.15) is 19.3 Å². The van der Waals surface area contributed by atoms with Gasteiger partial charge < -0.3 is 0 Å². The standard InChI is InChI=1S/C13H13BrOS/c1-2-3-4-5-12(15)10-16-13-8-6-11(14)7-9-13/h1,6-9H,3-5,10H2. The lowest BCUT2D eigenvalue weighted by atomic mass is 10.2. The highest BCUT2D eigenvalue weighted by Gasteiger charge is 2.02. The topological polar surface area (TPSA) is 17.1 Å². The second kappa shape index (κ2) is 7.54. The van der Waals surface area contributed by atoms with E-state index < -0.39 is 0 Å². The zero-order valence-electron chi connectivity index (χ0n) is 8.91. The molecule has 1 aromatic carbocycles. The number of hydrogen-bond acceptors (Lipinski definition) is 2. The Kier molecular flexibility index (Phi) is 6.29. The van der Waals surface area contributed by atoms with E-state index in [1.54, 1.807) is 11.8 Å². The molecule has 16 heavy (non-hydrogen) atoms. The van der Waals surface area contributed by atoms with Crippen LogP contribution < -0.4 is 0 Å². The predicted molar refractivity (Wildman–Crippen MR) is 72.6 cm³/mol. The molecule has 0 radical (unpaired) electrons. The first-order valence-electron chi connectivity index (χ1n) is 5.06. The number of ketones is 1. The number of carbonyl (C=O) groups is 1. The lowest BCUT2D eigenvalue weighted by Crippen LogP contribution is -2.00. The summed E-state index contributed by atoms with van der Waals surface area (Å²) in [5, 5.41) is 0. The van der Waals surface area contributed by atoms with Gasteiger partial charge in [0, 0.05) is 22.2 Å². The Balaban J connectivity index is 2.26. The van der Waals surface area contributed by atoms with Crippen molar-refractivity contribution in [3.05, 3.63) is 28.7 Å². The average Bonchev–Trinajstić information content (AvgIpc) is 2.29. The van der Waals surface area contributed by atoms with Gasteiger partial charge in [-0.1, -0.05) is 15.9 Å². The molecule has 84 valence electrons. The number of carbonyl (C=O) groups excluding carboxylic acids is 1. The van der Waals surface area contributed by atoms with Crippen molar-refractivity contribution in [2.75, 3.05) is 5.75 Å². The molecule has 1 nitrogen and oxygen atoms in total. The SMILES string of the molecule is C#CCCCC(=O)CSc1ccc(Br)cc1. The van der Waals surface area contributed by atoms with E-state index in [-0.39, 0.29) is 5.78 Å². The van der Waals surface area contributed by atoms with Crippen LogP contribution in [0, 0.1) is 12.3 Å². The maximum atomic E-state index is 11.5. The quantitative estimate of drug-likeness (QED) is 0.450. The van der Waals surface area contributed by atoms with Gasteiger partial charge in [-0.05, 0) is 30.7 Å². The summed E-state index contributed by atoms with van der Waals surface area (Å²) in [6, 6.07) is 7.96. The third kappa shape index (κ3) is 5.39. The summed E-state index contributed by atoms with van der Waals surface area (Å²) in [6.07, 6.45) is 7.20. The molecule has 1 aromatic rings. The summed E-state index contributed by atoms with van der Waals surface area (Å²) in [4.78, 5) is 12.6. The second-order valence-corrected chi connectivity index (χ2v) is 5.30. The normalized spacial score (nSPS) is 9.75. The Morgan fingerprint density at radius 2 is 2.06 bits per heavy atom. The van der Waals surface area contributed by atoms with Gasteiger partial charge in [0.05, 0.1) is 5.75 Å². The Morgan fingerprint density at radius 1 is 1.38 bits per heavy atom. The molecule has 0 atom stereocenters. The summed E-state index contributed by atoms with van der Waals surface area (Å²) in [6.45, 7) is 0. The number of benzene rings is 1. The van der Waals surface area contributed by atoms with Crippen LogP contribution in [0.2, 0.25) is 0 Å². The molecule has 0 N–H and O–H groups in total. The third-order valence-electron chi connectivity index (χ3n) is 1.99. The molecule has 0 aliphatic rings. The van der Waals surface area contributed by atoms with Gasteiger partial charge in [0.2, 0.25) is 0 Å². The molecule has 0 bridgehead atoms. The van der Waals surface area contributed by atoms with Crippen molar-refractivity contribution in [1.29, 1.82) is 0 Å². The molecule has 0 aliphatic carbocycles. The van der Waals surface area contributed by atoms with Crippen LogP contribution in [0.4, 0.5) is 0 Å². The summed E-state index contributed by atoms with van der Waals surface area (Å²) >= 11 is 4.95. The van der Waals surface area contributed by atoms with E-state index in [4.69, 9.17) is 6.42 Å². The fraction of sp³-hybridized carbons (Fsp3) is 0.308. The molecule has 0 saturated carbocycles. The van der Waals surface area contributed by atoms with Crippen LogP contribution in [0.25, 0.3) is 0 Å². The molecule has 0 heterocycles. The molecule has 0 spiro atoms. The molecular weight excluding hydrogens is 284 g/mol. The van der Waals surface area contributed by atoms with Crippen molar-refractivity contribution >= 4 is 33.5 Å². The fourth-order valence-electron chi connectivity index (χ4n) is 1.15. The highest BCUT2D eigenvalue weighted by molar-refractivity contribution is 9.10. The largest absolute Gasteiger partial charge is 0.299 e. The zero-order chi connectivity index (χ0) is 11.8. The van der Waals surface area contributed by atoms with Crippen LogP contribution in [-0.2, 0) is 4.79 Å². The summed E-state index contributed by atoms with van der Waals surface area (Å²) in [5.74, 6) is 3.34. The van der Waals surface area contributed by atoms with Gasteiger partial charge in [-0.25, -0.2) is 0 Å². The second-order valence-electron chi connectivity index (χ2n) is 3.34. The zero-order valence-corrected chi connectivity index (χ0v) is 11.3. The van der Waals surface area contributed by atoms with Crippen LogP contribution in [0.15, 0.2) is 33.6 Å². The van der Waals surface area contributed by atoms with Gasteiger partial charge in [-0.2, -0.15) is 0 Å². The molecule has 0 saturated heterocycles. The van der Waals surface area contributed by atoms with Gasteiger partial charge in [0.15, 0.2) is 0 Å². The van der Waals surface area contributed by atoms with Crippen LogP contribution in [0.5, 0.6) is 0 Å². The fourth-order valence-corrected chi connectivity index (χ4v) is 2.22. The molecule has 0 amide bonds. The smallest absolute Gasteiger partial charge is 0.143 e. The molecule has 0 fully saturated rings. The van der Waals surface area contributed by atoms with Crippen molar-refractivity contribution in [2.24, 2.45) is 0 Å². The highest BCUT2D eigenvalue weighted by Crippen LogP contribution is 2.21. The maximum Gasteiger partial charge on any atom is 0.143 e. The number of halogens is 1. The molecule has 1 rings (SSSR count). The van der Waals surface area contributed by atoms with Gasteiger partial charge >= 0.3 is 0 Å². The number of terminal acetylenes is 1. The minimum absolute atomic E-state index is 0.267. The molecule has 0 unspecified atom stereocenters. The lowest BCUT2D eigenvalue weighted by molar-refractivity contribution is -0.116. The van der Waals surface area contributed by atoms with Crippen molar-refractivity contribution in [1.82, 2.24) is 0 Å². The highest BCUT2D eigenvalue weighted by atomic mass is 79.9. The van der Waals surface area contributed by atoms with E-state index in [0.717, 1.165) is 15.8 Å². The first-order chi connectivity index (χ1) is 7.72. The Morgan fingerprint density at radius 3 is 2.69 bits per heavy atom. The minimum Gasteiger partial charge on any atom is -0.299 e. The van der Waals surface area contributed by atoms with Gasteiger partial charge in [-0.15, -0.1) is 24.1 Å². The first kappa shape index (κ1) is 13.3. The van der Waals surface area contributed by atoms with Crippen LogP contribution in [-0.4, -0.2) is 11.5 Å². The number of Topliss-reactive ketones (excluding diaryl/α,β-unsaturated/α-hetero) is 1. The van der Waals surface area contributed by atoms with Gasteiger partial charge in [0.1, 0.15) is 5.78 Å². The van der Waals surface area contributed by atoms with E-state index in [9.17, 15) is 4.79 Å². The van der Waals surface area contributed by atoms with Gasteiger partial charge in [-0.3, -0.25) is 4.79 Å². The maximum absolute atomic E-state index is 11.5. The van der Waals surface area contributed by atoms with Crippen LogP contribution >= 0.6 is 27.7 Å². The average molecular weight is 297 g/mol. The van der Waals surface area contributed by atoms with Crippen molar-refractivity contribution in [3.63, 3.8) is 0 Å². The monoisotopic (exact) mass is 296 g/mol. The van der Waals surface area contributed by atoms with Crippen molar-refractivity contribution in [2.45, 2.75) is 24.2 Å². The van der Waals surface area contributed by atoms with Crippen LogP contribution in [0.3, 0.4) is 0 Å². The summed E-state index contributed by atoms with van der Waals surface area (Å²) in [7, 11) is 0. The van der Waals surface area contributed by atoms with Crippen molar-refractivity contribution < 1.29 is 4.79 Å². The molecule has 0 aliphatic heterocycles. The Hall–Kier alpha value is -0.720. The van der Waals surface area contributed by atoms with Crippen molar-refractivity contribution in [3.8, 4) is 12.3 Å². The molecule has 3 heteroatoms. The number of hydrogen-bond donors (Lipinski definition) is 0. The lowest BCUT2D eigenvalue weighted by Gasteiger charge is -2.00. The van der Waals surface area contributed by atoms with E-state index in [1.165, 1.54) is 0 Å². The molecular formula is C13H13BrOS. The first-order valence-corrected chi connectivity index (χ1v) is 6.84. The third-order valence-corrected chi connectivity index (χ3v) is 3.59. The van der Waals surface area contributed by atoms with E-state index >= 15 is 0 Å². The van der Waals surface area contributed by atoms with E-state index in [0.29, 0.717) is 18.6 Å². The predicted octanol–water partition coefficient (Wildman–Crippen LogP) is 3.91.